The maximum Gasteiger partial charge on any atom is 0.410 e. The molecule has 1 aromatic rings. The van der Waals surface area contributed by atoms with E-state index in [0.29, 0.717) is 36.7 Å². The third kappa shape index (κ3) is 5.89. The molecule has 2 heterocycles. The molecule has 0 saturated carbocycles. The number of carbonyl (C=O) groups is 1. The molecule has 23 heavy (non-hydrogen) atoms. The molecule has 7 heteroatoms. The average Bonchev–Trinajstić information content (AvgIpc) is 2.52. The van der Waals surface area contributed by atoms with Crippen LogP contribution in [-0.2, 0) is 4.74 Å². The van der Waals surface area contributed by atoms with Gasteiger partial charge in [-0.3, -0.25) is 0 Å². The highest BCUT2D eigenvalue weighted by Gasteiger charge is 2.27. The summed E-state index contributed by atoms with van der Waals surface area (Å²) in [4.78, 5) is 22.2. The topological polar surface area (TPSA) is 64.5 Å². The number of carbonyl (C=O) groups excluding carboxylic acids is 1. The first-order chi connectivity index (χ1) is 10.9. The average molecular weight is 339 g/mol. The number of piperidine rings is 1. The molecule has 1 fully saturated rings. The second-order valence-corrected chi connectivity index (χ2v) is 7.38. The van der Waals surface area contributed by atoms with Crippen LogP contribution in [0.4, 0.5) is 4.79 Å². The van der Waals surface area contributed by atoms with Gasteiger partial charge in [0.25, 0.3) is 0 Å². The summed E-state index contributed by atoms with van der Waals surface area (Å²) in [6.07, 6.45) is 5.25. The van der Waals surface area contributed by atoms with E-state index in [2.05, 4.69) is 9.97 Å². The fraction of sp³-hybridized carbons (Fsp3) is 0.688. The summed E-state index contributed by atoms with van der Waals surface area (Å²) in [5.41, 5.74) is -0.445. The molecule has 0 aromatic carbocycles. The van der Waals surface area contributed by atoms with E-state index < -0.39 is 5.60 Å². The van der Waals surface area contributed by atoms with E-state index in [1.165, 1.54) is 11.8 Å². The first kappa shape index (κ1) is 17.8. The highest BCUT2D eigenvalue weighted by molar-refractivity contribution is 7.98. The van der Waals surface area contributed by atoms with Gasteiger partial charge in [0.1, 0.15) is 5.60 Å². The monoisotopic (exact) mass is 339 g/mol. The number of rotatable bonds is 4. The van der Waals surface area contributed by atoms with E-state index >= 15 is 0 Å². The molecule has 1 amide bonds. The van der Waals surface area contributed by atoms with Crippen molar-refractivity contribution in [3.63, 3.8) is 0 Å². The van der Waals surface area contributed by atoms with Crippen LogP contribution in [0.2, 0.25) is 0 Å². The lowest BCUT2D eigenvalue weighted by Gasteiger charge is -2.33. The summed E-state index contributed by atoms with van der Waals surface area (Å²) in [6, 6.07) is 1.77. The van der Waals surface area contributed by atoms with E-state index in [-0.39, 0.29) is 6.09 Å². The summed E-state index contributed by atoms with van der Waals surface area (Å²) < 4.78 is 11.2. The van der Waals surface area contributed by atoms with Gasteiger partial charge in [-0.15, -0.1) is 0 Å². The van der Waals surface area contributed by atoms with Crippen molar-refractivity contribution in [3.05, 3.63) is 12.3 Å². The van der Waals surface area contributed by atoms with Gasteiger partial charge in [-0.25, -0.2) is 9.78 Å². The number of hydrogen-bond donors (Lipinski definition) is 0. The van der Waals surface area contributed by atoms with Crippen molar-refractivity contribution < 1.29 is 14.3 Å². The summed E-state index contributed by atoms with van der Waals surface area (Å²) in [5, 5.41) is 0.710. The van der Waals surface area contributed by atoms with Crippen molar-refractivity contribution in [2.45, 2.75) is 44.4 Å². The molecule has 1 aliphatic heterocycles. The van der Waals surface area contributed by atoms with Gasteiger partial charge in [0.05, 0.1) is 6.61 Å². The second-order valence-electron chi connectivity index (χ2n) is 6.60. The minimum atomic E-state index is -0.445. The molecule has 0 bridgehead atoms. The molecule has 1 saturated heterocycles. The van der Waals surface area contributed by atoms with Crippen molar-refractivity contribution >= 4 is 17.9 Å². The number of aromatic nitrogens is 2. The summed E-state index contributed by atoms with van der Waals surface area (Å²) in [7, 11) is 0. The molecule has 1 aliphatic rings. The van der Waals surface area contributed by atoms with Crippen LogP contribution in [0.15, 0.2) is 17.4 Å². The van der Waals surface area contributed by atoms with Crippen LogP contribution in [0.3, 0.4) is 0 Å². The fourth-order valence-corrected chi connectivity index (χ4v) is 2.66. The zero-order valence-corrected chi connectivity index (χ0v) is 15.1. The number of ether oxygens (including phenoxy) is 2. The van der Waals surface area contributed by atoms with Gasteiger partial charge in [-0.1, -0.05) is 11.8 Å². The molecule has 128 valence electrons. The largest absolute Gasteiger partial charge is 0.477 e. The summed E-state index contributed by atoms with van der Waals surface area (Å²) in [6.45, 7) is 7.70. The Kier molecular flexibility index (Phi) is 6.10. The minimum absolute atomic E-state index is 0.225. The first-order valence-corrected chi connectivity index (χ1v) is 9.07. The highest BCUT2D eigenvalue weighted by atomic mass is 32.2. The van der Waals surface area contributed by atoms with E-state index in [1.807, 2.05) is 27.0 Å². The predicted molar refractivity (Wildman–Crippen MR) is 89.8 cm³/mol. The van der Waals surface area contributed by atoms with Crippen LogP contribution >= 0.6 is 11.8 Å². The van der Waals surface area contributed by atoms with Gasteiger partial charge in [-0.2, -0.15) is 4.98 Å². The maximum absolute atomic E-state index is 12.0. The van der Waals surface area contributed by atoms with Crippen molar-refractivity contribution in [3.8, 4) is 5.88 Å². The van der Waals surface area contributed by atoms with Gasteiger partial charge in [0, 0.05) is 25.4 Å². The highest BCUT2D eigenvalue weighted by Crippen LogP contribution is 2.21. The standard InChI is InChI=1S/C16H25N3O3S/c1-16(2,3)22-15(20)19-9-6-12(7-10-19)11-21-13-5-8-17-14(18-13)23-4/h5,8,12H,6-7,9-11H2,1-4H3. The van der Waals surface area contributed by atoms with Crippen LogP contribution in [0.1, 0.15) is 33.6 Å². The fourth-order valence-electron chi connectivity index (χ4n) is 2.32. The Morgan fingerprint density at radius 3 is 2.70 bits per heavy atom. The molecule has 0 atom stereocenters. The predicted octanol–water partition coefficient (Wildman–Crippen LogP) is 3.22. The van der Waals surface area contributed by atoms with Gasteiger partial charge in [-0.05, 0) is 45.8 Å². The smallest absolute Gasteiger partial charge is 0.410 e. The molecule has 0 spiro atoms. The molecule has 0 aliphatic carbocycles. The van der Waals surface area contributed by atoms with Gasteiger partial charge >= 0.3 is 6.09 Å². The Morgan fingerprint density at radius 1 is 1.39 bits per heavy atom. The third-order valence-electron chi connectivity index (χ3n) is 3.52. The van der Waals surface area contributed by atoms with Crippen LogP contribution in [0.5, 0.6) is 5.88 Å². The molecule has 0 unspecified atom stereocenters. The summed E-state index contributed by atoms with van der Waals surface area (Å²) >= 11 is 1.49. The Balaban J connectivity index is 1.75. The van der Waals surface area contributed by atoms with E-state index in [0.717, 1.165) is 12.8 Å². The lowest BCUT2D eigenvalue weighted by atomic mass is 9.98. The molecular formula is C16H25N3O3S. The van der Waals surface area contributed by atoms with Crippen molar-refractivity contribution in [1.29, 1.82) is 0 Å². The van der Waals surface area contributed by atoms with E-state index in [9.17, 15) is 4.79 Å². The number of amides is 1. The summed E-state index contributed by atoms with van der Waals surface area (Å²) in [5.74, 6) is 1.04. The normalized spacial score (nSPS) is 16.3. The Labute approximate surface area is 142 Å². The van der Waals surface area contributed by atoms with Crippen molar-refractivity contribution in [2.75, 3.05) is 26.0 Å². The maximum atomic E-state index is 12.0. The SMILES string of the molecule is CSc1nccc(OCC2CCN(C(=O)OC(C)(C)C)CC2)n1. The number of likely N-dealkylation sites (tertiary alicyclic amines) is 1. The number of nitrogens with zero attached hydrogens (tertiary/aromatic N) is 3. The first-order valence-electron chi connectivity index (χ1n) is 7.85. The second kappa shape index (κ2) is 7.86. The van der Waals surface area contributed by atoms with E-state index in [1.54, 1.807) is 17.2 Å². The van der Waals surface area contributed by atoms with Gasteiger partial charge < -0.3 is 14.4 Å². The minimum Gasteiger partial charge on any atom is -0.477 e. The lowest BCUT2D eigenvalue weighted by molar-refractivity contribution is 0.0164. The van der Waals surface area contributed by atoms with Gasteiger partial charge in [0.15, 0.2) is 5.16 Å². The molecular weight excluding hydrogens is 314 g/mol. The zero-order chi connectivity index (χ0) is 16.9. The number of thioether (sulfide) groups is 1. The Bertz CT molecular complexity index is 526. The van der Waals surface area contributed by atoms with Crippen LogP contribution < -0.4 is 4.74 Å². The van der Waals surface area contributed by atoms with Crippen LogP contribution in [0, 0.1) is 5.92 Å². The van der Waals surface area contributed by atoms with E-state index in [4.69, 9.17) is 9.47 Å². The van der Waals surface area contributed by atoms with Crippen LogP contribution in [-0.4, -0.2) is 52.5 Å². The van der Waals surface area contributed by atoms with Gasteiger partial charge in [0.2, 0.25) is 5.88 Å². The molecule has 0 N–H and O–H groups in total. The van der Waals surface area contributed by atoms with Crippen LogP contribution in [0.25, 0.3) is 0 Å². The lowest BCUT2D eigenvalue weighted by Crippen LogP contribution is -2.42. The van der Waals surface area contributed by atoms with Crippen molar-refractivity contribution in [1.82, 2.24) is 14.9 Å². The molecule has 6 nitrogen and oxygen atoms in total. The molecule has 2 rings (SSSR count). The van der Waals surface area contributed by atoms with Crippen molar-refractivity contribution in [2.24, 2.45) is 5.92 Å². The Morgan fingerprint density at radius 2 is 2.09 bits per heavy atom. The molecule has 1 aromatic heterocycles. The zero-order valence-electron chi connectivity index (χ0n) is 14.2. The molecule has 0 radical (unpaired) electrons. The Hall–Kier alpha value is -1.50. The quantitative estimate of drug-likeness (QED) is 0.620. The number of hydrogen-bond acceptors (Lipinski definition) is 6. The third-order valence-corrected chi connectivity index (χ3v) is 4.09.